The second-order valence-electron chi connectivity index (χ2n) is 12.1. The number of carbonyl (C=O) groups is 2. The van der Waals surface area contributed by atoms with E-state index in [2.05, 4.69) is 61.6 Å². The van der Waals surface area contributed by atoms with Crippen molar-refractivity contribution < 1.29 is 19.1 Å². The van der Waals surface area contributed by atoms with Crippen LogP contribution in [0, 0.1) is 5.92 Å². The van der Waals surface area contributed by atoms with Crippen LogP contribution >= 0.6 is 0 Å². The molecule has 1 amide bonds. The lowest BCUT2D eigenvalue weighted by Gasteiger charge is -2.41. The Morgan fingerprint density at radius 1 is 1.24 bits per heavy atom. The zero-order chi connectivity index (χ0) is 30.4. The van der Waals surface area contributed by atoms with E-state index in [1.165, 1.54) is 0 Å². The molecule has 1 fully saturated rings. The summed E-state index contributed by atoms with van der Waals surface area (Å²) in [5.74, 6) is 1.63. The van der Waals surface area contributed by atoms with Crippen molar-refractivity contribution in [3.63, 3.8) is 0 Å². The Hall–Kier alpha value is -3.08. The molecule has 2 atom stereocenters. The van der Waals surface area contributed by atoms with E-state index in [0.717, 1.165) is 31.5 Å². The highest BCUT2D eigenvalue weighted by molar-refractivity contribution is 5.98. The van der Waals surface area contributed by atoms with Gasteiger partial charge in [-0.15, -0.1) is 0 Å². The smallest absolute Gasteiger partial charge is 0.293 e. The summed E-state index contributed by atoms with van der Waals surface area (Å²) in [5, 5.41) is 3.36. The second-order valence-corrected chi connectivity index (χ2v) is 12.1. The minimum absolute atomic E-state index is 0.0316. The fraction of sp³-hybridized carbons (Fsp3) is 0.613. The lowest BCUT2D eigenvalue weighted by atomic mass is 9.95. The zero-order valence-electron chi connectivity index (χ0n) is 25.9. The third-order valence-electron chi connectivity index (χ3n) is 6.58. The molecule has 10 heteroatoms. The van der Waals surface area contributed by atoms with Gasteiger partial charge in [-0.2, -0.15) is 0 Å². The van der Waals surface area contributed by atoms with E-state index in [1.54, 1.807) is 13.3 Å². The van der Waals surface area contributed by atoms with Gasteiger partial charge in [0.2, 0.25) is 0 Å². The molecule has 2 heterocycles. The number of amides is 1. The highest BCUT2D eigenvalue weighted by Crippen LogP contribution is 2.25. The van der Waals surface area contributed by atoms with Crippen molar-refractivity contribution in [3.05, 3.63) is 53.5 Å². The summed E-state index contributed by atoms with van der Waals surface area (Å²) in [6.45, 7) is 15.0. The van der Waals surface area contributed by atoms with Gasteiger partial charge in [-0.25, -0.2) is 9.97 Å². The van der Waals surface area contributed by atoms with Gasteiger partial charge in [0.25, 0.3) is 12.4 Å². The summed E-state index contributed by atoms with van der Waals surface area (Å²) in [5.41, 5.74) is 7.61. The molecule has 10 nitrogen and oxygen atoms in total. The maximum Gasteiger partial charge on any atom is 0.293 e. The summed E-state index contributed by atoms with van der Waals surface area (Å²) in [6, 6.07) is 9.69. The fourth-order valence-corrected chi connectivity index (χ4v) is 4.67. The highest BCUT2D eigenvalue weighted by Gasteiger charge is 2.33. The number of aromatic nitrogens is 2. The standard InChI is InChI=1S/C23H42N6O2.C8H8O2/c1-16(2)13-29(18-11-17(24)14-28(6)15-18)21(30)19-12-26-22(23(3,4)5)27-20(19)25-9-8-10-31-7;9-7-10-6-8-4-2-1-3-5-8/h12,16-18H,8-11,13-15,24H2,1-7H3,(H,25,26,27);1-5,7H,6H2. The van der Waals surface area contributed by atoms with Crippen molar-refractivity contribution in [1.29, 1.82) is 0 Å². The Labute approximate surface area is 246 Å². The van der Waals surface area contributed by atoms with Gasteiger partial charge in [-0.05, 0) is 31.4 Å². The van der Waals surface area contributed by atoms with E-state index >= 15 is 0 Å². The van der Waals surface area contributed by atoms with E-state index < -0.39 is 0 Å². The molecule has 1 saturated heterocycles. The normalized spacial score (nSPS) is 17.4. The summed E-state index contributed by atoms with van der Waals surface area (Å²) in [6.07, 6.45) is 3.33. The topological polar surface area (TPSA) is 123 Å². The number of hydrogen-bond donors (Lipinski definition) is 2. The first-order chi connectivity index (χ1) is 19.5. The van der Waals surface area contributed by atoms with Crippen LogP contribution in [0.1, 0.15) is 69.2 Å². The van der Waals surface area contributed by atoms with Crippen molar-refractivity contribution in [2.24, 2.45) is 11.7 Å². The summed E-state index contributed by atoms with van der Waals surface area (Å²) >= 11 is 0. The zero-order valence-corrected chi connectivity index (χ0v) is 25.9. The van der Waals surface area contributed by atoms with Gasteiger partial charge < -0.3 is 30.3 Å². The first-order valence-corrected chi connectivity index (χ1v) is 14.4. The highest BCUT2D eigenvalue weighted by atomic mass is 16.5. The van der Waals surface area contributed by atoms with Crippen LogP contribution < -0.4 is 11.1 Å². The van der Waals surface area contributed by atoms with Crippen molar-refractivity contribution >= 4 is 18.2 Å². The van der Waals surface area contributed by atoms with Crippen LogP contribution in [0.2, 0.25) is 0 Å². The van der Waals surface area contributed by atoms with Crippen LogP contribution in [0.15, 0.2) is 36.5 Å². The van der Waals surface area contributed by atoms with Crippen molar-refractivity contribution in [3.8, 4) is 0 Å². The number of rotatable bonds is 12. The molecule has 1 aliphatic rings. The Kier molecular flexibility index (Phi) is 14.2. The Morgan fingerprint density at radius 2 is 1.95 bits per heavy atom. The van der Waals surface area contributed by atoms with Crippen molar-refractivity contribution in [2.45, 2.75) is 71.6 Å². The summed E-state index contributed by atoms with van der Waals surface area (Å²) < 4.78 is 9.69. The molecule has 0 radical (unpaired) electrons. The molecule has 228 valence electrons. The van der Waals surface area contributed by atoms with Crippen LogP contribution in [0.3, 0.4) is 0 Å². The van der Waals surface area contributed by atoms with E-state index in [1.807, 2.05) is 35.2 Å². The molecule has 1 aromatic carbocycles. The third kappa shape index (κ3) is 11.7. The number of ether oxygens (including phenoxy) is 2. The van der Waals surface area contributed by atoms with Gasteiger partial charge in [-0.1, -0.05) is 65.0 Å². The largest absolute Gasteiger partial charge is 0.463 e. The lowest BCUT2D eigenvalue weighted by Crippen LogP contribution is -2.56. The number of nitrogens with one attached hydrogen (secondary N) is 1. The number of piperidine rings is 1. The number of likely N-dealkylation sites (tertiary alicyclic amines) is 1. The molecule has 0 bridgehead atoms. The Balaban J connectivity index is 0.000000493. The van der Waals surface area contributed by atoms with Crippen LogP contribution in [0.5, 0.6) is 0 Å². The summed E-state index contributed by atoms with van der Waals surface area (Å²) in [7, 11) is 3.75. The predicted molar refractivity (Wildman–Crippen MR) is 163 cm³/mol. The quantitative estimate of drug-likeness (QED) is 0.290. The van der Waals surface area contributed by atoms with Crippen LogP contribution in [0.4, 0.5) is 5.82 Å². The molecule has 0 saturated carbocycles. The number of nitrogens with zero attached hydrogens (tertiary/aromatic N) is 4. The van der Waals surface area contributed by atoms with Gasteiger partial charge >= 0.3 is 0 Å². The maximum absolute atomic E-state index is 13.8. The number of nitrogens with two attached hydrogens (primary N) is 1. The summed E-state index contributed by atoms with van der Waals surface area (Å²) in [4.78, 5) is 37.0. The maximum atomic E-state index is 13.8. The lowest BCUT2D eigenvalue weighted by molar-refractivity contribution is -0.129. The molecule has 1 aliphatic heterocycles. The fourth-order valence-electron chi connectivity index (χ4n) is 4.67. The Morgan fingerprint density at radius 3 is 2.54 bits per heavy atom. The predicted octanol–water partition coefficient (Wildman–Crippen LogP) is 3.71. The van der Waals surface area contributed by atoms with Crippen LogP contribution in [0.25, 0.3) is 0 Å². The van der Waals surface area contributed by atoms with E-state index in [0.29, 0.717) is 55.9 Å². The monoisotopic (exact) mass is 570 g/mol. The number of benzene rings is 1. The van der Waals surface area contributed by atoms with Crippen LogP contribution in [-0.4, -0.2) is 91.2 Å². The molecule has 3 rings (SSSR count). The average molecular weight is 571 g/mol. The average Bonchev–Trinajstić information content (AvgIpc) is 2.92. The number of anilines is 1. The van der Waals surface area contributed by atoms with Gasteiger partial charge in [0.15, 0.2) is 0 Å². The van der Waals surface area contributed by atoms with Gasteiger partial charge in [0.1, 0.15) is 23.8 Å². The second kappa shape index (κ2) is 17.0. The Bertz CT molecular complexity index is 1050. The minimum atomic E-state index is -0.207. The molecule has 2 unspecified atom stereocenters. The van der Waals surface area contributed by atoms with E-state index in [4.69, 9.17) is 15.5 Å². The molecular formula is C31H50N6O4. The minimum Gasteiger partial charge on any atom is -0.463 e. The van der Waals surface area contributed by atoms with E-state index in [-0.39, 0.29) is 23.4 Å². The molecule has 0 aliphatic carbocycles. The molecule has 2 aromatic rings. The molecule has 1 aromatic heterocycles. The molecule has 0 spiro atoms. The third-order valence-corrected chi connectivity index (χ3v) is 6.58. The molecule has 3 N–H and O–H groups in total. The first kappa shape index (κ1) is 34.1. The van der Waals surface area contributed by atoms with Gasteiger partial charge in [-0.3, -0.25) is 9.59 Å². The van der Waals surface area contributed by atoms with Crippen molar-refractivity contribution in [1.82, 2.24) is 19.8 Å². The molecule has 41 heavy (non-hydrogen) atoms. The van der Waals surface area contributed by atoms with Crippen LogP contribution in [-0.2, 0) is 26.3 Å². The van der Waals surface area contributed by atoms with Gasteiger partial charge in [0.05, 0.1) is 0 Å². The van der Waals surface area contributed by atoms with Gasteiger partial charge in [0, 0.05) is 63.6 Å². The molecular weight excluding hydrogens is 520 g/mol. The number of methoxy groups -OCH3 is 1. The number of likely N-dealkylation sites (N-methyl/N-ethyl adjacent to an activating group) is 1. The van der Waals surface area contributed by atoms with Crippen molar-refractivity contribution in [2.75, 3.05) is 52.3 Å². The number of carbonyl (C=O) groups excluding carboxylic acids is 2. The van der Waals surface area contributed by atoms with E-state index in [9.17, 15) is 9.59 Å². The number of hydrogen-bond acceptors (Lipinski definition) is 9. The SMILES string of the molecule is COCCCNc1nc(C(C)(C)C)ncc1C(=O)N(CC(C)C)C1CC(N)CN(C)C1.O=COCc1ccccc1. The first-order valence-electron chi connectivity index (χ1n) is 14.4.